The standard InChI is InChI=1S/C9H15N3O2/c1-7(13)8-3-2-5-11-6-4-10-9(14)12(8)11/h8H,2-6H2,1H3,(H,10,14). The van der Waals surface area contributed by atoms with Gasteiger partial charge in [0.05, 0.1) is 0 Å². The molecule has 0 bridgehead atoms. The molecule has 2 heterocycles. The average Bonchev–Trinajstić information content (AvgIpc) is 2.17. The number of carbonyl (C=O) groups is 2. The van der Waals surface area contributed by atoms with E-state index in [-0.39, 0.29) is 17.9 Å². The van der Waals surface area contributed by atoms with Gasteiger partial charge in [-0.25, -0.2) is 14.8 Å². The molecule has 5 nitrogen and oxygen atoms in total. The van der Waals surface area contributed by atoms with Crippen molar-refractivity contribution in [3.05, 3.63) is 0 Å². The maximum atomic E-state index is 11.6. The molecule has 78 valence electrons. The predicted molar refractivity (Wildman–Crippen MR) is 50.5 cm³/mol. The molecule has 2 amide bonds. The molecule has 0 saturated carbocycles. The first-order valence-electron chi connectivity index (χ1n) is 5.02. The average molecular weight is 197 g/mol. The summed E-state index contributed by atoms with van der Waals surface area (Å²) in [6.45, 7) is 3.93. The summed E-state index contributed by atoms with van der Waals surface area (Å²) >= 11 is 0. The van der Waals surface area contributed by atoms with Crippen LogP contribution in [0.4, 0.5) is 4.79 Å². The van der Waals surface area contributed by atoms with Gasteiger partial charge in [-0.05, 0) is 19.8 Å². The number of amides is 2. The van der Waals surface area contributed by atoms with Gasteiger partial charge in [-0.2, -0.15) is 0 Å². The number of urea groups is 1. The fourth-order valence-electron chi connectivity index (χ4n) is 2.13. The number of hydrazine groups is 1. The Balaban J connectivity index is 2.18. The maximum Gasteiger partial charge on any atom is 0.332 e. The summed E-state index contributed by atoms with van der Waals surface area (Å²) in [7, 11) is 0. The highest BCUT2D eigenvalue weighted by Crippen LogP contribution is 2.20. The highest BCUT2D eigenvalue weighted by atomic mass is 16.2. The topological polar surface area (TPSA) is 52.7 Å². The molecule has 0 spiro atoms. The van der Waals surface area contributed by atoms with Gasteiger partial charge in [-0.3, -0.25) is 4.79 Å². The second kappa shape index (κ2) is 3.57. The Hall–Kier alpha value is -1.10. The van der Waals surface area contributed by atoms with Crippen molar-refractivity contribution in [1.29, 1.82) is 0 Å². The van der Waals surface area contributed by atoms with Crippen LogP contribution in [-0.2, 0) is 4.79 Å². The minimum atomic E-state index is -0.246. The fraction of sp³-hybridized carbons (Fsp3) is 0.778. The van der Waals surface area contributed by atoms with E-state index >= 15 is 0 Å². The third kappa shape index (κ3) is 1.48. The van der Waals surface area contributed by atoms with E-state index in [9.17, 15) is 9.59 Å². The van der Waals surface area contributed by atoms with Gasteiger partial charge in [0, 0.05) is 19.6 Å². The van der Waals surface area contributed by atoms with Gasteiger partial charge >= 0.3 is 6.03 Å². The van der Waals surface area contributed by atoms with Crippen LogP contribution in [0.15, 0.2) is 0 Å². The molecule has 0 aliphatic carbocycles. The van der Waals surface area contributed by atoms with Gasteiger partial charge in [0.2, 0.25) is 0 Å². The van der Waals surface area contributed by atoms with Crippen molar-refractivity contribution >= 4 is 11.8 Å². The van der Waals surface area contributed by atoms with E-state index in [0.717, 1.165) is 25.9 Å². The summed E-state index contributed by atoms with van der Waals surface area (Å²) in [5.41, 5.74) is 0. The summed E-state index contributed by atoms with van der Waals surface area (Å²) in [6.07, 6.45) is 1.78. The Kier molecular flexibility index (Phi) is 2.41. The van der Waals surface area contributed by atoms with Crippen LogP contribution in [0.1, 0.15) is 19.8 Å². The molecule has 2 rings (SSSR count). The molecule has 2 fully saturated rings. The quantitative estimate of drug-likeness (QED) is 0.642. The van der Waals surface area contributed by atoms with Crippen molar-refractivity contribution < 1.29 is 9.59 Å². The van der Waals surface area contributed by atoms with Crippen LogP contribution in [0.3, 0.4) is 0 Å². The fourth-order valence-corrected chi connectivity index (χ4v) is 2.13. The van der Waals surface area contributed by atoms with E-state index in [4.69, 9.17) is 0 Å². The smallest absolute Gasteiger partial charge is 0.332 e. The largest absolute Gasteiger partial charge is 0.335 e. The highest BCUT2D eigenvalue weighted by Gasteiger charge is 2.37. The summed E-state index contributed by atoms with van der Waals surface area (Å²) in [5, 5.41) is 6.33. The molecule has 0 radical (unpaired) electrons. The van der Waals surface area contributed by atoms with E-state index in [0.29, 0.717) is 6.54 Å². The minimum absolute atomic E-state index is 0.0757. The first-order valence-corrected chi connectivity index (χ1v) is 5.02. The van der Waals surface area contributed by atoms with E-state index in [2.05, 4.69) is 5.32 Å². The number of nitrogens with one attached hydrogen (secondary N) is 1. The molecule has 2 aliphatic heterocycles. The van der Waals surface area contributed by atoms with Crippen molar-refractivity contribution in [3.8, 4) is 0 Å². The van der Waals surface area contributed by atoms with Crippen LogP contribution < -0.4 is 5.32 Å². The van der Waals surface area contributed by atoms with Crippen molar-refractivity contribution in [2.45, 2.75) is 25.8 Å². The normalized spacial score (nSPS) is 28.2. The van der Waals surface area contributed by atoms with Crippen LogP contribution in [-0.4, -0.2) is 47.5 Å². The number of carbonyl (C=O) groups excluding carboxylic acids is 2. The lowest BCUT2D eigenvalue weighted by molar-refractivity contribution is -0.133. The molecule has 1 N–H and O–H groups in total. The number of nitrogens with zero attached hydrogens (tertiary/aromatic N) is 2. The van der Waals surface area contributed by atoms with Crippen LogP contribution in [0.2, 0.25) is 0 Å². The molecule has 5 heteroatoms. The van der Waals surface area contributed by atoms with Crippen LogP contribution in [0.25, 0.3) is 0 Å². The van der Waals surface area contributed by atoms with E-state index in [1.807, 2.05) is 5.01 Å². The zero-order chi connectivity index (χ0) is 10.1. The SMILES string of the molecule is CC(=O)C1CCCN2CCNC(=O)N12. The number of hydrogen-bond acceptors (Lipinski definition) is 3. The van der Waals surface area contributed by atoms with E-state index in [1.54, 1.807) is 11.9 Å². The molecule has 0 aromatic rings. The summed E-state index contributed by atoms with van der Waals surface area (Å²) in [4.78, 5) is 22.9. The molecule has 2 saturated heterocycles. The molecule has 1 unspecified atom stereocenters. The van der Waals surface area contributed by atoms with Gasteiger partial charge in [0.25, 0.3) is 0 Å². The van der Waals surface area contributed by atoms with E-state index in [1.165, 1.54) is 0 Å². The van der Waals surface area contributed by atoms with Gasteiger partial charge in [-0.15, -0.1) is 0 Å². The maximum absolute atomic E-state index is 11.6. The molecule has 1 atom stereocenters. The summed E-state index contributed by atoms with van der Waals surface area (Å²) in [6, 6.07) is -0.375. The van der Waals surface area contributed by atoms with Gasteiger partial charge in [0.15, 0.2) is 5.78 Å². The van der Waals surface area contributed by atoms with Crippen molar-refractivity contribution in [2.75, 3.05) is 19.6 Å². The number of ketones is 1. The van der Waals surface area contributed by atoms with Crippen LogP contribution in [0, 0.1) is 0 Å². The molecular formula is C9H15N3O2. The Morgan fingerprint density at radius 1 is 1.50 bits per heavy atom. The highest BCUT2D eigenvalue weighted by molar-refractivity contribution is 5.87. The lowest BCUT2D eigenvalue weighted by atomic mass is 10.0. The monoisotopic (exact) mass is 197 g/mol. The Labute approximate surface area is 83.0 Å². The first kappa shape index (κ1) is 9.45. The summed E-state index contributed by atoms with van der Waals surface area (Å²) in [5.74, 6) is 0.0757. The molecule has 14 heavy (non-hydrogen) atoms. The van der Waals surface area contributed by atoms with Gasteiger partial charge < -0.3 is 5.32 Å². The van der Waals surface area contributed by atoms with Crippen LogP contribution in [0.5, 0.6) is 0 Å². The zero-order valence-corrected chi connectivity index (χ0v) is 8.32. The molecule has 0 aromatic heterocycles. The van der Waals surface area contributed by atoms with Crippen molar-refractivity contribution in [3.63, 3.8) is 0 Å². The third-order valence-corrected chi connectivity index (χ3v) is 2.82. The van der Waals surface area contributed by atoms with Crippen LogP contribution >= 0.6 is 0 Å². The zero-order valence-electron chi connectivity index (χ0n) is 8.32. The summed E-state index contributed by atoms with van der Waals surface area (Å²) < 4.78 is 0. The minimum Gasteiger partial charge on any atom is -0.335 e. The van der Waals surface area contributed by atoms with Gasteiger partial charge in [0.1, 0.15) is 6.04 Å². The number of hydrogen-bond donors (Lipinski definition) is 1. The molecule has 2 aliphatic rings. The van der Waals surface area contributed by atoms with Crippen molar-refractivity contribution in [2.24, 2.45) is 0 Å². The number of rotatable bonds is 1. The second-order valence-corrected chi connectivity index (χ2v) is 3.80. The van der Waals surface area contributed by atoms with Gasteiger partial charge in [-0.1, -0.05) is 0 Å². The first-order chi connectivity index (χ1) is 6.70. The predicted octanol–water partition coefficient (Wildman–Crippen LogP) is -0.0200. The lowest BCUT2D eigenvalue weighted by Gasteiger charge is -2.45. The third-order valence-electron chi connectivity index (χ3n) is 2.82. The van der Waals surface area contributed by atoms with E-state index < -0.39 is 0 Å². The lowest BCUT2D eigenvalue weighted by Crippen LogP contribution is -2.65. The number of Topliss-reactive ketones (excluding diaryl/α,β-unsaturated/α-hetero) is 1. The number of fused-ring (bicyclic) bond motifs is 1. The second-order valence-electron chi connectivity index (χ2n) is 3.80. The molecular weight excluding hydrogens is 182 g/mol. The molecule has 0 aromatic carbocycles. The Morgan fingerprint density at radius 2 is 2.29 bits per heavy atom. The Bertz CT molecular complexity index is 265. The van der Waals surface area contributed by atoms with Crippen molar-refractivity contribution in [1.82, 2.24) is 15.3 Å². The Morgan fingerprint density at radius 3 is 3.00 bits per heavy atom.